The van der Waals surface area contributed by atoms with Crippen molar-refractivity contribution in [1.29, 1.82) is 0 Å². The summed E-state index contributed by atoms with van der Waals surface area (Å²) in [6.45, 7) is 0. The molecule has 0 radical (unpaired) electrons. The van der Waals surface area contributed by atoms with Gasteiger partial charge in [-0.15, -0.1) is 0 Å². The van der Waals surface area contributed by atoms with E-state index in [9.17, 15) is 4.79 Å². The van der Waals surface area contributed by atoms with Gasteiger partial charge in [0.05, 0.1) is 5.92 Å². The summed E-state index contributed by atoms with van der Waals surface area (Å²) < 4.78 is 0. The molecule has 0 saturated heterocycles. The molecule has 1 aliphatic carbocycles. The lowest BCUT2D eigenvalue weighted by atomic mass is 9.93. The van der Waals surface area contributed by atoms with Crippen LogP contribution in [0.2, 0.25) is 0 Å². The number of rotatable bonds is 4. The predicted molar refractivity (Wildman–Crippen MR) is 74.8 cm³/mol. The monoisotopic (exact) mass is 252 g/mol. The maximum absolute atomic E-state index is 12.4. The fraction of sp³-hybridized carbons (Fsp3) is 0.250. The molecule has 1 aromatic carbocycles. The molecule has 96 valence electrons. The molecule has 2 aromatic rings. The molecule has 1 saturated carbocycles. The van der Waals surface area contributed by atoms with Gasteiger partial charge in [-0.05, 0) is 36.5 Å². The number of aromatic nitrogens is 1. The first kappa shape index (κ1) is 11.9. The van der Waals surface area contributed by atoms with Crippen LogP contribution in [0, 0.1) is 5.92 Å². The van der Waals surface area contributed by atoms with Crippen LogP contribution in [0.3, 0.4) is 0 Å². The number of hydrogen-bond acceptors (Lipinski definition) is 2. The summed E-state index contributed by atoms with van der Waals surface area (Å²) in [4.78, 5) is 16.6. The fourth-order valence-electron chi connectivity index (χ4n) is 2.37. The summed E-state index contributed by atoms with van der Waals surface area (Å²) in [7, 11) is 0. The molecule has 19 heavy (non-hydrogen) atoms. The van der Waals surface area contributed by atoms with E-state index in [1.54, 1.807) is 6.20 Å². The van der Waals surface area contributed by atoms with Gasteiger partial charge in [0, 0.05) is 6.20 Å². The van der Waals surface area contributed by atoms with E-state index in [0.717, 1.165) is 18.4 Å². The Morgan fingerprint density at radius 2 is 1.84 bits per heavy atom. The van der Waals surface area contributed by atoms with Crippen molar-refractivity contribution in [2.75, 3.05) is 5.32 Å². The van der Waals surface area contributed by atoms with Crippen LogP contribution in [-0.2, 0) is 4.79 Å². The summed E-state index contributed by atoms with van der Waals surface area (Å²) in [6, 6.07) is 15.5. The fourth-order valence-corrected chi connectivity index (χ4v) is 2.37. The first-order chi connectivity index (χ1) is 9.34. The van der Waals surface area contributed by atoms with Crippen LogP contribution < -0.4 is 5.32 Å². The number of benzene rings is 1. The highest BCUT2D eigenvalue weighted by Crippen LogP contribution is 2.43. The maximum Gasteiger partial charge on any atom is 0.233 e. The maximum atomic E-state index is 12.4. The minimum atomic E-state index is -0.0526. The van der Waals surface area contributed by atoms with Crippen molar-refractivity contribution in [2.45, 2.75) is 18.8 Å². The van der Waals surface area contributed by atoms with E-state index in [1.807, 2.05) is 48.5 Å². The summed E-state index contributed by atoms with van der Waals surface area (Å²) in [5.41, 5.74) is 1.10. The van der Waals surface area contributed by atoms with Crippen LogP contribution in [-0.4, -0.2) is 10.9 Å². The quantitative estimate of drug-likeness (QED) is 0.907. The second kappa shape index (κ2) is 5.22. The lowest BCUT2D eigenvalue weighted by molar-refractivity contribution is -0.118. The van der Waals surface area contributed by atoms with Gasteiger partial charge in [0.15, 0.2) is 0 Å². The number of nitrogens with one attached hydrogen (secondary N) is 1. The lowest BCUT2D eigenvalue weighted by Crippen LogP contribution is -2.23. The Kier molecular flexibility index (Phi) is 3.27. The Hall–Kier alpha value is -2.16. The SMILES string of the molecule is O=C(Nc1ccccn1)C(c1ccccc1)C1CC1. The average molecular weight is 252 g/mol. The minimum absolute atomic E-state index is 0.0485. The normalized spacial score (nSPS) is 15.8. The Labute approximate surface area is 112 Å². The third kappa shape index (κ3) is 2.81. The molecule has 1 aromatic heterocycles. The van der Waals surface area contributed by atoms with E-state index < -0.39 is 0 Å². The van der Waals surface area contributed by atoms with E-state index in [-0.39, 0.29) is 11.8 Å². The van der Waals surface area contributed by atoms with Crippen molar-refractivity contribution in [3.63, 3.8) is 0 Å². The molecule has 0 spiro atoms. The molecular weight excluding hydrogens is 236 g/mol. The molecule has 1 N–H and O–H groups in total. The third-order valence-corrected chi connectivity index (χ3v) is 3.45. The third-order valence-electron chi connectivity index (χ3n) is 3.45. The number of hydrogen-bond donors (Lipinski definition) is 1. The topological polar surface area (TPSA) is 42.0 Å². The Bertz CT molecular complexity index is 549. The van der Waals surface area contributed by atoms with E-state index >= 15 is 0 Å². The van der Waals surface area contributed by atoms with Gasteiger partial charge in [-0.25, -0.2) is 4.98 Å². The molecule has 3 nitrogen and oxygen atoms in total. The lowest BCUT2D eigenvalue weighted by Gasteiger charge is -2.16. The van der Waals surface area contributed by atoms with Crippen LogP contribution in [0.15, 0.2) is 54.7 Å². The van der Waals surface area contributed by atoms with E-state index in [2.05, 4.69) is 10.3 Å². The largest absolute Gasteiger partial charge is 0.310 e. The van der Waals surface area contributed by atoms with Crippen molar-refractivity contribution in [1.82, 2.24) is 4.98 Å². The van der Waals surface area contributed by atoms with Crippen molar-refractivity contribution >= 4 is 11.7 Å². The highest BCUT2D eigenvalue weighted by molar-refractivity contribution is 5.95. The molecular formula is C16H16N2O. The van der Waals surface area contributed by atoms with Crippen LogP contribution in [0.4, 0.5) is 5.82 Å². The predicted octanol–water partition coefficient (Wildman–Crippen LogP) is 3.21. The number of nitrogens with zero attached hydrogens (tertiary/aromatic N) is 1. The first-order valence-electron chi connectivity index (χ1n) is 6.61. The van der Waals surface area contributed by atoms with Crippen LogP contribution in [0.5, 0.6) is 0 Å². The van der Waals surface area contributed by atoms with Gasteiger partial charge >= 0.3 is 0 Å². The van der Waals surface area contributed by atoms with Crippen LogP contribution in [0.25, 0.3) is 0 Å². The van der Waals surface area contributed by atoms with Gasteiger partial charge in [-0.3, -0.25) is 4.79 Å². The molecule has 1 heterocycles. The highest BCUT2D eigenvalue weighted by atomic mass is 16.2. The number of amides is 1. The number of carbonyl (C=O) groups excluding carboxylic acids is 1. The van der Waals surface area contributed by atoms with Crippen molar-refractivity contribution < 1.29 is 4.79 Å². The minimum Gasteiger partial charge on any atom is -0.310 e. The van der Waals surface area contributed by atoms with Crippen molar-refractivity contribution in [3.05, 3.63) is 60.3 Å². The second-order valence-corrected chi connectivity index (χ2v) is 4.93. The summed E-state index contributed by atoms with van der Waals surface area (Å²) >= 11 is 0. The van der Waals surface area contributed by atoms with Crippen LogP contribution >= 0.6 is 0 Å². The smallest absolute Gasteiger partial charge is 0.233 e. The standard InChI is InChI=1S/C16H16N2O/c19-16(18-14-8-4-5-11-17-14)15(13-9-10-13)12-6-2-1-3-7-12/h1-8,11,13,15H,9-10H2,(H,17,18,19). The average Bonchev–Trinajstić information content (AvgIpc) is 3.26. The van der Waals surface area contributed by atoms with Gasteiger partial charge in [-0.1, -0.05) is 36.4 Å². The molecule has 3 rings (SSSR count). The summed E-state index contributed by atoms with van der Waals surface area (Å²) in [6.07, 6.45) is 3.95. The number of anilines is 1. The number of pyridine rings is 1. The Morgan fingerprint density at radius 1 is 1.11 bits per heavy atom. The molecule has 1 amide bonds. The zero-order chi connectivity index (χ0) is 13.1. The van der Waals surface area contributed by atoms with Gasteiger partial charge in [0.25, 0.3) is 0 Å². The number of carbonyl (C=O) groups is 1. The first-order valence-corrected chi connectivity index (χ1v) is 6.61. The van der Waals surface area contributed by atoms with E-state index in [1.165, 1.54) is 0 Å². The van der Waals surface area contributed by atoms with Gasteiger partial charge in [0.1, 0.15) is 5.82 Å². The molecule has 0 aliphatic heterocycles. The van der Waals surface area contributed by atoms with Crippen molar-refractivity contribution in [2.24, 2.45) is 5.92 Å². The summed E-state index contributed by atoms with van der Waals surface area (Å²) in [5.74, 6) is 1.09. The molecule has 1 unspecified atom stereocenters. The molecule has 0 bridgehead atoms. The van der Waals surface area contributed by atoms with E-state index in [4.69, 9.17) is 0 Å². The van der Waals surface area contributed by atoms with Gasteiger partial charge in [-0.2, -0.15) is 0 Å². The van der Waals surface area contributed by atoms with Gasteiger partial charge < -0.3 is 5.32 Å². The molecule has 1 aliphatic rings. The zero-order valence-corrected chi connectivity index (χ0v) is 10.6. The second-order valence-electron chi connectivity index (χ2n) is 4.93. The highest BCUT2D eigenvalue weighted by Gasteiger charge is 2.37. The molecule has 3 heteroatoms. The Balaban J connectivity index is 1.79. The molecule has 1 atom stereocenters. The van der Waals surface area contributed by atoms with Gasteiger partial charge in [0.2, 0.25) is 5.91 Å². The van der Waals surface area contributed by atoms with Crippen molar-refractivity contribution in [3.8, 4) is 0 Å². The molecule has 1 fully saturated rings. The summed E-state index contributed by atoms with van der Waals surface area (Å²) in [5, 5.41) is 2.91. The van der Waals surface area contributed by atoms with Crippen LogP contribution in [0.1, 0.15) is 24.3 Å². The van der Waals surface area contributed by atoms with E-state index in [0.29, 0.717) is 11.7 Å². The zero-order valence-electron chi connectivity index (χ0n) is 10.6. The Morgan fingerprint density at radius 3 is 2.47 bits per heavy atom.